The zero-order chi connectivity index (χ0) is 13.7. The third-order valence-electron chi connectivity index (χ3n) is 2.62. The summed E-state index contributed by atoms with van der Waals surface area (Å²) in [6, 6.07) is 3.65. The Morgan fingerprint density at radius 2 is 2.42 bits per heavy atom. The van der Waals surface area contributed by atoms with Gasteiger partial charge in [-0.1, -0.05) is 0 Å². The lowest BCUT2D eigenvalue weighted by Crippen LogP contribution is -2.33. The standard InChI is InChI=1S/C13H16N2O3S/c1-10-14-12(9-19-10)13(16)15(5-7-17-2)8-11-4-3-6-18-11/h3-4,6,9H,5,7-8H2,1-2H3. The van der Waals surface area contributed by atoms with Gasteiger partial charge in [-0.2, -0.15) is 0 Å². The van der Waals surface area contributed by atoms with Crippen LogP contribution in [-0.4, -0.2) is 36.1 Å². The molecule has 0 aromatic carbocycles. The maximum atomic E-state index is 12.4. The minimum atomic E-state index is -0.0993. The van der Waals surface area contributed by atoms with Crippen molar-refractivity contribution in [3.8, 4) is 0 Å². The molecule has 0 N–H and O–H groups in total. The molecule has 2 heterocycles. The molecule has 0 fully saturated rings. The number of nitrogens with zero attached hydrogens (tertiary/aromatic N) is 2. The van der Waals surface area contributed by atoms with Crippen LogP contribution in [0.3, 0.4) is 0 Å². The number of amides is 1. The average molecular weight is 280 g/mol. The normalized spacial score (nSPS) is 10.6. The van der Waals surface area contributed by atoms with Gasteiger partial charge in [0.15, 0.2) is 0 Å². The predicted octanol–water partition coefficient (Wildman–Crippen LogP) is 2.33. The molecule has 0 atom stereocenters. The number of rotatable bonds is 6. The van der Waals surface area contributed by atoms with Crippen LogP contribution in [0.25, 0.3) is 0 Å². The highest BCUT2D eigenvalue weighted by Crippen LogP contribution is 2.13. The second kappa shape index (κ2) is 6.49. The zero-order valence-corrected chi connectivity index (χ0v) is 11.8. The number of furan rings is 1. The number of ether oxygens (including phenoxy) is 1. The molecule has 2 aromatic rings. The predicted molar refractivity (Wildman–Crippen MR) is 72.2 cm³/mol. The first-order chi connectivity index (χ1) is 9.20. The average Bonchev–Trinajstić information content (AvgIpc) is 3.05. The summed E-state index contributed by atoms with van der Waals surface area (Å²) in [5.74, 6) is 0.647. The van der Waals surface area contributed by atoms with E-state index in [2.05, 4.69) is 4.98 Å². The van der Waals surface area contributed by atoms with E-state index in [0.29, 0.717) is 25.4 Å². The SMILES string of the molecule is COCCN(Cc1ccco1)C(=O)c1csc(C)n1. The molecule has 0 bridgehead atoms. The van der Waals surface area contributed by atoms with Gasteiger partial charge in [-0.25, -0.2) is 4.98 Å². The third kappa shape index (κ3) is 3.65. The molecule has 102 valence electrons. The topological polar surface area (TPSA) is 55.6 Å². The van der Waals surface area contributed by atoms with Gasteiger partial charge in [0.25, 0.3) is 5.91 Å². The van der Waals surface area contributed by atoms with Gasteiger partial charge in [0.05, 0.1) is 24.4 Å². The number of thiazole rings is 1. The molecule has 5 nitrogen and oxygen atoms in total. The fourth-order valence-corrected chi connectivity index (χ4v) is 2.25. The first-order valence-electron chi connectivity index (χ1n) is 5.93. The fourth-order valence-electron chi connectivity index (χ4n) is 1.67. The van der Waals surface area contributed by atoms with Crippen molar-refractivity contribution in [2.24, 2.45) is 0 Å². The highest BCUT2D eigenvalue weighted by Gasteiger charge is 2.19. The Morgan fingerprint density at radius 1 is 1.58 bits per heavy atom. The van der Waals surface area contributed by atoms with Crippen LogP contribution in [0.1, 0.15) is 21.3 Å². The van der Waals surface area contributed by atoms with Crippen LogP contribution in [0.5, 0.6) is 0 Å². The summed E-state index contributed by atoms with van der Waals surface area (Å²) in [6.07, 6.45) is 1.60. The van der Waals surface area contributed by atoms with E-state index in [4.69, 9.17) is 9.15 Å². The Balaban J connectivity index is 2.10. The van der Waals surface area contributed by atoms with Crippen molar-refractivity contribution in [3.63, 3.8) is 0 Å². The molecule has 0 aliphatic heterocycles. The summed E-state index contributed by atoms with van der Waals surface area (Å²) in [7, 11) is 1.61. The van der Waals surface area contributed by atoms with Crippen molar-refractivity contribution in [1.29, 1.82) is 0 Å². The van der Waals surface area contributed by atoms with E-state index in [1.165, 1.54) is 11.3 Å². The second-order valence-corrected chi connectivity index (χ2v) is 5.11. The van der Waals surface area contributed by atoms with E-state index < -0.39 is 0 Å². The van der Waals surface area contributed by atoms with Crippen molar-refractivity contribution in [3.05, 3.63) is 40.2 Å². The van der Waals surface area contributed by atoms with Crippen LogP contribution in [-0.2, 0) is 11.3 Å². The van der Waals surface area contributed by atoms with Crippen molar-refractivity contribution in [2.45, 2.75) is 13.5 Å². The lowest BCUT2D eigenvalue weighted by Gasteiger charge is -2.20. The number of methoxy groups -OCH3 is 1. The summed E-state index contributed by atoms with van der Waals surface area (Å²) in [5, 5.41) is 2.66. The number of carbonyl (C=O) groups is 1. The molecule has 2 aromatic heterocycles. The lowest BCUT2D eigenvalue weighted by atomic mass is 10.3. The monoisotopic (exact) mass is 280 g/mol. The van der Waals surface area contributed by atoms with E-state index in [0.717, 1.165) is 10.8 Å². The molecule has 0 unspecified atom stereocenters. The molecule has 0 aliphatic rings. The number of hydrogen-bond donors (Lipinski definition) is 0. The van der Waals surface area contributed by atoms with Crippen molar-refractivity contribution in [2.75, 3.05) is 20.3 Å². The van der Waals surface area contributed by atoms with Gasteiger partial charge in [-0.05, 0) is 19.1 Å². The molecule has 19 heavy (non-hydrogen) atoms. The number of hydrogen-bond acceptors (Lipinski definition) is 5. The molecular formula is C13H16N2O3S. The molecule has 6 heteroatoms. The maximum absolute atomic E-state index is 12.4. The molecule has 1 amide bonds. The first kappa shape index (κ1) is 13.8. The maximum Gasteiger partial charge on any atom is 0.273 e. The van der Waals surface area contributed by atoms with Crippen LogP contribution in [0.4, 0.5) is 0 Å². The summed E-state index contributed by atoms with van der Waals surface area (Å²) in [4.78, 5) is 18.3. The van der Waals surface area contributed by atoms with E-state index in [1.54, 1.807) is 29.7 Å². The quantitative estimate of drug-likeness (QED) is 0.815. The zero-order valence-electron chi connectivity index (χ0n) is 11.0. The third-order valence-corrected chi connectivity index (χ3v) is 3.39. The van der Waals surface area contributed by atoms with Crippen LogP contribution < -0.4 is 0 Å². The van der Waals surface area contributed by atoms with Gasteiger partial charge < -0.3 is 14.1 Å². The Bertz CT molecular complexity index is 522. The summed E-state index contributed by atoms with van der Waals surface area (Å²) in [6.45, 7) is 3.29. The fraction of sp³-hybridized carbons (Fsp3) is 0.385. The summed E-state index contributed by atoms with van der Waals surface area (Å²) < 4.78 is 10.3. The number of aryl methyl sites for hydroxylation is 1. The molecule has 0 saturated heterocycles. The lowest BCUT2D eigenvalue weighted by molar-refractivity contribution is 0.0661. The van der Waals surface area contributed by atoms with Gasteiger partial charge in [0, 0.05) is 19.0 Å². The Hall–Kier alpha value is -1.66. The number of aromatic nitrogens is 1. The summed E-state index contributed by atoms with van der Waals surface area (Å²) >= 11 is 1.47. The smallest absolute Gasteiger partial charge is 0.273 e. The Kier molecular flexibility index (Phi) is 4.70. The van der Waals surface area contributed by atoms with Gasteiger partial charge in [-0.3, -0.25) is 4.79 Å². The van der Waals surface area contributed by atoms with Crippen LogP contribution in [0.15, 0.2) is 28.2 Å². The molecule has 0 spiro atoms. The summed E-state index contributed by atoms with van der Waals surface area (Å²) in [5.41, 5.74) is 0.477. The van der Waals surface area contributed by atoms with E-state index in [9.17, 15) is 4.79 Å². The Labute approximate surface area is 115 Å². The minimum absolute atomic E-state index is 0.0993. The minimum Gasteiger partial charge on any atom is -0.467 e. The van der Waals surface area contributed by atoms with Gasteiger partial charge in [-0.15, -0.1) is 11.3 Å². The molecular weight excluding hydrogens is 264 g/mol. The molecule has 0 radical (unpaired) electrons. The molecule has 0 aliphatic carbocycles. The number of carbonyl (C=O) groups excluding carboxylic acids is 1. The van der Waals surface area contributed by atoms with Gasteiger partial charge in [0.1, 0.15) is 11.5 Å². The first-order valence-corrected chi connectivity index (χ1v) is 6.81. The highest BCUT2D eigenvalue weighted by atomic mass is 32.1. The van der Waals surface area contributed by atoms with Crippen LogP contribution in [0.2, 0.25) is 0 Å². The molecule has 2 rings (SSSR count). The van der Waals surface area contributed by atoms with E-state index in [1.807, 2.05) is 13.0 Å². The second-order valence-electron chi connectivity index (χ2n) is 4.05. The van der Waals surface area contributed by atoms with E-state index >= 15 is 0 Å². The van der Waals surface area contributed by atoms with Crippen molar-refractivity contribution < 1.29 is 13.9 Å². The Morgan fingerprint density at radius 3 is 3.00 bits per heavy atom. The van der Waals surface area contributed by atoms with Gasteiger partial charge in [0.2, 0.25) is 0 Å². The van der Waals surface area contributed by atoms with Crippen LogP contribution in [0, 0.1) is 6.92 Å². The highest BCUT2D eigenvalue weighted by molar-refractivity contribution is 7.09. The van der Waals surface area contributed by atoms with Crippen molar-refractivity contribution >= 4 is 17.2 Å². The van der Waals surface area contributed by atoms with Gasteiger partial charge >= 0.3 is 0 Å². The largest absolute Gasteiger partial charge is 0.467 e. The molecule has 0 saturated carbocycles. The van der Waals surface area contributed by atoms with Crippen molar-refractivity contribution in [1.82, 2.24) is 9.88 Å². The van der Waals surface area contributed by atoms with Crippen LogP contribution >= 0.6 is 11.3 Å². The van der Waals surface area contributed by atoms with E-state index in [-0.39, 0.29) is 5.91 Å².